The second kappa shape index (κ2) is 6.78. The van der Waals surface area contributed by atoms with Gasteiger partial charge in [-0.2, -0.15) is 0 Å². The molecule has 2 aromatic rings. The maximum atomic E-state index is 6.21. The molecule has 0 saturated carbocycles. The standard InChI is InChI=1S/C16H17ClN2OS/c1-19(10-11-5-3-4-6-15(11)20-2)12-7-8-13(16(18)21)14(17)9-12/h3-9H,10H2,1-2H3,(H2,18,21). The predicted molar refractivity (Wildman–Crippen MR) is 92.4 cm³/mol. The number of anilines is 1. The van der Waals surface area contributed by atoms with Gasteiger partial charge in [0.1, 0.15) is 10.7 Å². The molecule has 0 aliphatic carbocycles. The minimum atomic E-state index is 0.305. The summed E-state index contributed by atoms with van der Waals surface area (Å²) in [5.41, 5.74) is 8.41. The van der Waals surface area contributed by atoms with Crippen molar-refractivity contribution < 1.29 is 4.74 Å². The summed E-state index contributed by atoms with van der Waals surface area (Å²) in [6.45, 7) is 0.715. The summed E-state index contributed by atoms with van der Waals surface area (Å²) >= 11 is 11.2. The van der Waals surface area contributed by atoms with E-state index in [1.807, 2.05) is 49.5 Å². The normalized spacial score (nSPS) is 10.2. The number of rotatable bonds is 5. The third-order valence-electron chi connectivity index (χ3n) is 3.26. The summed E-state index contributed by atoms with van der Waals surface area (Å²) in [5.74, 6) is 0.871. The molecule has 2 N–H and O–H groups in total. The molecule has 5 heteroatoms. The van der Waals surface area contributed by atoms with Crippen LogP contribution < -0.4 is 15.4 Å². The highest BCUT2D eigenvalue weighted by Crippen LogP contribution is 2.26. The van der Waals surface area contributed by atoms with Gasteiger partial charge in [0.2, 0.25) is 0 Å². The molecule has 0 heterocycles. The highest BCUT2D eigenvalue weighted by molar-refractivity contribution is 7.80. The number of thiocarbonyl (C=S) groups is 1. The van der Waals surface area contributed by atoms with Crippen LogP contribution in [0.5, 0.6) is 5.75 Å². The van der Waals surface area contributed by atoms with Crippen LogP contribution in [0, 0.1) is 0 Å². The maximum Gasteiger partial charge on any atom is 0.123 e. The highest BCUT2D eigenvalue weighted by atomic mass is 35.5. The number of hydrogen-bond donors (Lipinski definition) is 1. The quantitative estimate of drug-likeness (QED) is 0.854. The first kappa shape index (κ1) is 15.6. The van der Waals surface area contributed by atoms with E-state index in [1.165, 1.54) is 0 Å². The first-order valence-electron chi connectivity index (χ1n) is 6.45. The smallest absolute Gasteiger partial charge is 0.123 e. The van der Waals surface area contributed by atoms with E-state index >= 15 is 0 Å². The molecule has 2 rings (SSSR count). The summed E-state index contributed by atoms with van der Waals surface area (Å²) in [6, 6.07) is 13.6. The van der Waals surface area contributed by atoms with E-state index in [9.17, 15) is 0 Å². The van der Waals surface area contributed by atoms with Crippen LogP contribution in [0.2, 0.25) is 5.02 Å². The molecular formula is C16H17ClN2OS. The molecule has 0 spiro atoms. The number of hydrogen-bond acceptors (Lipinski definition) is 3. The Morgan fingerprint density at radius 2 is 2.00 bits per heavy atom. The van der Waals surface area contributed by atoms with E-state index in [0.717, 1.165) is 17.0 Å². The van der Waals surface area contributed by atoms with Gasteiger partial charge in [0, 0.05) is 30.4 Å². The lowest BCUT2D eigenvalue weighted by atomic mass is 10.1. The molecule has 21 heavy (non-hydrogen) atoms. The number of methoxy groups -OCH3 is 1. The average Bonchev–Trinajstić information content (AvgIpc) is 2.47. The van der Waals surface area contributed by atoms with E-state index in [-0.39, 0.29) is 0 Å². The molecular weight excluding hydrogens is 304 g/mol. The third-order valence-corrected chi connectivity index (χ3v) is 3.79. The topological polar surface area (TPSA) is 38.5 Å². The molecule has 0 unspecified atom stereocenters. The summed E-state index contributed by atoms with van der Waals surface area (Å²) in [5, 5.41) is 0.562. The fraction of sp³-hybridized carbons (Fsp3) is 0.188. The van der Waals surface area contributed by atoms with E-state index in [1.54, 1.807) is 7.11 Å². The highest BCUT2D eigenvalue weighted by Gasteiger charge is 2.09. The van der Waals surface area contributed by atoms with Gasteiger partial charge in [0.15, 0.2) is 0 Å². The monoisotopic (exact) mass is 320 g/mol. The second-order valence-corrected chi connectivity index (χ2v) is 5.54. The van der Waals surface area contributed by atoms with Crippen molar-refractivity contribution in [3.8, 4) is 5.75 Å². The zero-order valence-electron chi connectivity index (χ0n) is 12.0. The molecule has 2 aromatic carbocycles. The van der Waals surface area contributed by atoms with Crippen molar-refractivity contribution in [2.45, 2.75) is 6.54 Å². The van der Waals surface area contributed by atoms with Crippen LogP contribution in [0.15, 0.2) is 42.5 Å². The predicted octanol–water partition coefficient (Wildman–Crippen LogP) is 3.62. The van der Waals surface area contributed by atoms with Crippen molar-refractivity contribution in [1.29, 1.82) is 0 Å². The van der Waals surface area contributed by atoms with Gasteiger partial charge in [-0.25, -0.2) is 0 Å². The third kappa shape index (κ3) is 3.65. The summed E-state index contributed by atoms with van der Waals surface area (Å²) < 4.78 is 5.37. The van der Waals surface area contributed by atoms with Crippen molar-refractivity contribution >= 4 is 34.5 Å². The molecule has 0 amide bonds. The number of halogens is 1. The Morgan fingerprint density at radius 3 is 2.62 bits per heavy atom. The van der Waals surface area contributed by atoms with Gasteiger partial charge in [-0.3, -0.25) is 0 Å². The summed E-state index contributed by atoms with van der Waals surface area (Å²) in [6.07, 6.45) is 0. The summed E-state index contributed by atoms with van der Waals surface area (Å²) in [7, 11) is 3.67. The number of nitrogens with zero attached hydrogens (tertiary/aromatic N) is 1. The van der Waals surface area contributed by atoms with Crippen LogP contribution >= 0.6 is 23.8 Å². The lowest BCUT2D eigenvalue weighted by Gasteiger charge is -2.21. The second-order valence-electron chi connectivity index (χ2n) is 4.70. The Hall–Kier alpha value is -1.78. The zero-order chi connectivity index (χ0) is 15.4. The minimum absolute atomic E-state index is 0.305. The van der Waals surface area contributed by atoms with E-state index in [0.29, 0.717) is 22.1 Å². The Morgan fingerprint density at radius 1 is 1.29 bits per heavy atom. The van der Waals surface area contributed by atoms with Crippen LogP contribution in [0.25, 0.3) is 0 Å². The van der Waals surface area contributed by atoms with Gasteiger partial charge in [-0.05, 0) is 24.3 Å². The zero-order valence-corrected chi connectivity index (χ0v) is 13.5. The largest absolute Gasteiger partial charge is 0.496 e. The Balaban J connectivity index is 2.22. The van der Waals surface area contributed by atoms with Crippen molar-refractivity contribution in [2.75, 3.05) is 19.1 Å². The van der Waals surface area contributed by atoms with E-state index < -0.39 is 0 Å². The van der Waals surface area contributed by atoms with Crippen molar-refractivity contribution in [2.24, 2.45) is 5.73 Å². The molecule has 0 fully saturated rings. The van der Waals surface area contributed by atoms with Crippen molar-refractivity contribution in [1.82, 2.24) is 0 Å². The number of ether oxygens (including phenoxy) is 1. The van der Waals surface area contributed by atoms with Gasteiger partial charge in [0.25, 0.3) is 0 Å². The molecule has 110 valence electrons. The molecule has 0 atom stereocenters. The van der Waals surface area contributed by atoms with Gasteiger partial charge >= 0.3 is 0 Å². The fourth-order valence-electron chi connectivity index (χ4n) is 2.12. The molecule has 0 bridgehead atoms. The van der Waals surface area contributed by atoms with Crippen LogP contribution in [0.1, 0.15) is 11.1 Å². The molecule has 0 aliphatic rings. The Bertz CT molecular complexity index is 660. The van der Waals surface area contributed by atoms with Gasteiger partial charge in [0.05, 0.1) is 12.1 Å². The van der Waals surface area contributed by atoms with Crippen LogP contribution in [0.3, 0.4) is 0 Å². The fourth-order valence-corrected chi connectivity index (χ4v) is 2.63. The Kier molecular flexibility index (Phi) is 5.04. The molecule has 0 saturated heterocycles. The van der Waals surface area contributed by atoms with Gasteiger partial charge < -0.3 is 15.4 Å². The lowest BCUT2D eigenvalue weighted by Crippen LogP contribution is -2.17. The van der Waals surface area contributed by atoms with E-state index in [2.05, 4.69) is 4.90 Å². The van der Waals surface area contributed by atoms with E-state index in [4.69, 9.17) is 34.3 Å². The van der Waals surface area contributed by atoms with Crippen molar-refractivity contribution in [3.63, 3.8) is 0 Å². The minimum Gasteiger partial charge on any atom is -0.496 e. The van der Waals surface area contributed by atoms with Crippen LogP contribution in [0.4, 0.5) is 5.69 Å². The first-order chi connectivity index (χ1) is 10.0. The summed E-state index contributed by atoms with van der Waals surface area (Å²) in [4.78, 5) is 2.39. The van der Waals surface area contributed by atoms with Gasteiger partial charge in [-0.1, -0.05) is 42.0 Å². The number of nitrogens with two attached hydrogens (primary N) is 1. The molecule has 3 nitrogen and oxygen atoms in total. The molecule has 0 aliphatic heterocycles. The van der Waals surface area contributed by atoms with Gasteiger partial charge in [-0.15, -0.1) is 0 Å². The van der Waals surface area contributed by atoms with Crippen molar-refractivity contribution in [3.05, 3.63) is 58.6 Å². The van der Waals surface area contributed by atoms with Crippen LogP contribution in [-0.4, -0.2) is 19.1 Å². The average molecular weight is 321 g/mol. The molecule has 0 aromatic heterocycles. The SMILES string of the molecule is COc1ccccc1CN(C)c1ccc(C(N)=S)c(Cl)c1. The Labute approximate surface area is 135 Å². The lowest BCUT2D eigenvalue weighted by molar-refractivity contribution is 0.409. The maximum absolute atomic E-state index is 6.21. The number of para-hydroxylation sites is 1. The molecule has 0 radical (unpaired) electrons. The van der Waals surface area contributed by atoms with Crippen LogP contribution in [-0.2, 0) is 6.54 Å². The first-order valence-corrected chi connectivity index (χ1v) is 7.24. The number of benzene rings is 2.